The highest BCUT2D eigenvalue weighted by Gasteiger charge is 2.47. The van der Waals surface area contributed by atoms with Gasteiger partial charge in [-0.3, -0.25) is 4.90 Å². The van der Waals surface area contributed by atoms with Crippen LogP contribution in [0.3, 0.4) is 0 Å². The molecule has 134 valence electrons. The van der Waals surface area contributed by atoms with E-state index in [0.29, 0.717) is 5.41 Å². The van der Waals surface area contributed by atoms with Crippen molar-refractivity contribution in [2.45, 2.75) is 26.3 Å². The lowest BCUT2D eigenvalue weighted by Gasteiger charge is -2.48. The molecule has 2 aliphatic rings. The van der Waals surface area contributed by atoms with Gasteiger partial charge in [0.05, 0.1) is 11.1 Å². The van der Waals surface area contributed by atoms with Crippen molar-refractivity contribution in [1.82, 2.24) is 24.8 Å². The molecule has 1 spiro atoms. The zero-order chi connectivity index (χ0) is 17.6. The molecular weight excluding hydrogens is 344 g/mol. The number of thiophene rings is 1. The van der Waals surface area contributed by atoms with Crippen LogP contribution in [0.25, 0.3) is 10.2 Å². The summed E-state index contributed by atoms with van der Waals surface area (Å²) in [6.07, 6.45) is 7.47. The second-order valence-corrected chi connectivity index (χ2v) is 8.62. The minimum atomic E-state index is 0.411. The number of nitrogens with zero attached hydrogens (tertiary/aromatic N) is 6. The first-order valence-electron chi connectivity index (χ1n) is 9.20. The Morgan fingerprint density at radius 1 is 1.15 bits per heavy atom. The van der Waals surface area contributed by atoms with Crippen LogP contribution in [-0.2, 0) is 13.0 Å². The van der Waals surface area contributed by atoms with Crippen molar-refractivity contribution in [3.8, 4) is 0 Å². The number of fused-ring (bicyclic) bond motifs is 1. The Balaban J connectivity index is 1.29. The minimum Gasteiger partial charge on any atom is -0.355 e. The molecule has 3 aromatic heterocycles. The highest BCUT2D eigenvalue weighted by Crippen LogP contribution is 2.42. The molecule has 0 unspecified atom stereocenters. The van der Waals surface area contributed by atoms with Gasteiger partial charge in [-0.25, -0.2) is 19.9 Å². The third kappa shape index (κ3) is 2.75. The third-order valence-corrected chi connectivity index (χ3v) is 6.78. The fourth-order valence-corrected chi connectivity index (χ4v) is 5.28. The molecule has 0 bridgehead atoms. The zero-order valence-corrected chi connectivity index (χ0v) is 15.7. The number of likely N-dealkylation sites (tertiary alicyclic amines) is 1. The maximum absolute atomic E-state index is 4.64. The summed E-state index contributed by atoms with van der Waals surface area (Å²) in [6.45, 7) is 7.59. The maximum atomic E-state index is 4.64. The van der Waals surface area contributed by atoms with Crippen molar-refractivity contribution in [2.24, 2.45) is 5.41 Å². The smallest absolute Gasteiger partial charge is 0.140 e. The molecule has 5 rings (SSSR count). The predicted molar refractivity (Wildman–Crippen MR) is 103 cm³/mol. The highest BCUT2D eigenvalue weighted by atomic mass is 32.1. The molecule has 26 heavy (non-hydrogen) atoms. The Kier molecular flexibility index (Phi) is 3.86. The zero-order valence-electron chi connectivity index (χ0n) is 14.9. The third-order valence-electron chi connectivity index (χ3n) is 5.59. The summed E-state index contributed by atoms with van der Waals surface area (Å²) in [5.74, 6) is 1.12. The Labute approximate surface area is 156 Å². The first-order valence-corrected chi connectivity index (χ1v) is 10.0. The average molecular weight is 366 g/mol. The predicted octanol–water partition coefficient (Wildman–Crippen LogP) is 2.76. The van der Waals surface area contributed by atoms with E-state index in [1.165, 1.54) is 16.7 Å². The minimum absolute atomic E-state index is 0.411. The molecular formula is C19H22N6S. The average Bonchev–Trinajstić information content (AvgIpc) is 3.26. The Hall–Kier alpha value is -2.12. The summed E-state index contributed by atoms with van der Waals surface area (Å²) in [7, 11) is 0. The van der Waals surface area contributed by atoms with Crippen LogP contribution in [0.4, 0.5) is 5.82 Å². The fourth-order valence-electron chi connectivity index (χ4n) is 4.35. The lowest BCUT2D eigenvalue weighted by Crippen LogP contribution is -2.57. The molecule has 0 N–H and O–H groups in total. The van der Waals surface area contributed by atoms with Crippen molar-refractivity contribution in [3.63, 3.8) is 0 Å². The summed E-state index contributed by atoms with van der Waals surface area (Å²) in [4.78, 5) is 24.9. The Morgan fingerprint density at radius 3 is 2.88 bits per heavy atom. The van der Waals surface area contributed by atoms with Crippen molar-refractivity contribution in [3.05, 3.63) is 41.6 Å². The number of hydrogen-bond donors (Lipinski definition) is 0. The van der Waals surface area contributed by atoms with Crippen LogP contribution in [0.5, 0.6) is 0 Å². The van der Waals surface area contributed by atoms with E-state index in [2.05, 4.69) is 42.7 Å². The summed E-state index contributed by atoms with van der Waals surface area (Å²) in [5, 5.41) is 1.23. The maximum Gasteiger partial charge on any atom is 0.140 e. The summed E-state index contributed by atoms with van der Waals surface area (Å²) in [5.41, 5.74) is 1.51. The van der Waals surface area contributed by atoms with Gasteiger partial charge in [-0.15, -0.1) is 11.3 Å². The number of aromatic nitrogens is 4. The molecule has 0 atom stereocenters. The number of hydrogen-bond acceptors (Lipinski definition) is 7. The molecule has 2 fully saturated rings. The van der Waals surface area contributed by atoms with Crippen molar-refractivity contribution in [2.75, 3.05) is 31.1 Å². The summed E-state index contributed by atoms with van der Waals surface area (Å²) >= 11 is 1.79. The van der Waals surface area contributed by atoms with Gasteiger partial charge in [0, 0.05) is 49.2 Å². The summed E-state index contributed by atoms with van der Waals surface area (Å²) in [6, 6.07) is 4.29. The van der Waals surface area contributed by atoms with Crippen LogP contribution < -0.4 is 4.90 Å². The fraction of sp³-hybridized carbons (Fsp3) is 0.474. The lowest BCUT2D eigenvalue weighted by atomic mass is 9.79. The van der Waals surface area contributed by atoms with Crippen LogP contribution in [0.1, 0.15) is 23.9 Å². The standard InChI is InChI=1S/C19H22N6S/c1-2-15-7-16-17(22-13-23-18(16)26-15)25-6-4-19(11-25)9-24(10-19)8-14-3-5-20-12-21-14/h3,5,7,12-13H,2,4,6,8-11H2,1H3. The van der Waals surface area contributed by atoms with Crippen LogP contribution in [0.15, 0.2) is 31.0 Å². The molecule has 0 saturated carbocycles. The van der Waals surface area contributed by atoms with Gasteiger partial charge in [0.1, 0.15) is 23.3 Å². The molecule has 7 heteroatoms. The van der Waals surface area contributed by atoms with E-state index in [-0.39, 0.29) is 0 Å². The number of anilines is 1. The van der Waals surface area contributed by atoms with Crippen molar-refractivity contribution >= 4 is 27.4 Å². The van der Waals surface area contributed by atoms with Gasteiger partial charge in [0.2, 0.25) is 0 Å². The van der Waals surface area contributed by atoms with Crippen molar-refractivity contribution < 1.29 is 0 Å². The molecule has 2 aliphatic heterocycles. The monoisotopic (exact) mass is 366 g/mol. The van der Waals surface area contributed by atoms with E-state index < -0.39 is 0 Å². The largest absolute Gasteiger partial charge is 0.355 e. The molecule has 0 aromatic carbocycles. The van der Waals surface area contributed by atoms with Crippen LogP contribution in [0.2, 0.25) is 0 Å². The van der Waals surface area contributed by atoms with Crippen molar-refractivity contribution in [1.29, 1.82) is 0 Å². The topological polar surface area (TPSA) is 58.0 Å². The quantitative estimate of drug-likeness (QED) is 0.708. The lowest BCUT2D eigenvalue weighted by molar-refractivity contribution is 0.0107. The van der Waals surface area contributed by atoms with Gasteiger partial charge in [-0.2, -0.15) is 0 Å². The number of rotatable bonds is 4. The second kappa shape index (κ2) is 6.25. The van der Waals surface area contributed by atoms with E-state index in [0.717, 1.165) is 55.5 Å². The van der Waals surface area contributed by atoms with E-state index >= 15 is 0 Å². The van der Waals surface area contributed by atoms with E-state index in [1.807, 2.05) is 12.3 Å². The second-order valence-electron chi connectivity index (χ2n) is 7.50. The van der Waals surface area contributed by atoms with E-state index in [1.54, 1.807) is 24.0 Å². The summed E-state index contributed by atoms with van der Waals surface area (Å²) < 4.78 is 0. The van der Waals surface area contributed by atoms with Crippen LogP contribution in [0, 0.1) is 5.41 Å². The van der Waals surface area contributed by atoms with Gasteiger partial charge >= 0.3 is 0 Å². The first-order chi connectivity index (χ1) is 12.7. The van der Waals surface area contributed by atoms with Crippen LogP contribution in [-0.4, -0.2) is 51.0 Å². The first kappa shape index (κ1) is 16.1. The van der Waals surface area contributed by atoms with Crippen LogP contribution >= 0.6 is 11.3 Å². The highest BCUT2D eigenvalue weighted by molar-refractivity contribution is 7.18. The van der Waals surface area contributed by atoms with E-state index in [9.17, 15) is 0 Å². The van der Waals surface area contributed by atoms with Gasteiger partial charge in [-0.1, -0.05) is 6.92 Å². The molecule has 2 saturated heterocycles. The SMILES string of the molecule is CCc1cc2c(N3CCC4(CN(Cc5ccncn5)C4)C3)ncnc2s1. The van der Waals surface area contributed by atoms with Gasteiger partial charge < -0.3 is 4.90 Å². The number of aryl methyl sites for hydroxylation is 1. The Bertz CT molecular complexity index is 918. The molecule has 6 nitrogen and oxygen atoms in total. The molecule has 3 aromatic rings. The molecule has 5 heterocycles. The van der Waals surface area contributed by atoms with Gasteiger partial charge in [-0.05, 0) is 25.0 Å². The Morgan fingerprint density at radius 2 is 2.08 bits per heavy atom. The van der Waals surface area contributed by atoms with Gasteiger partial charge in [0.15, 0.2) is 0 Å². The molecule has 0 radical (unpaired) electrons. The van der Waals surface area contributed by atoms with E-state index in [4.69, 9.17) is 0 Å². The molecule has 0 amide bonds. The van der Waals surface area contributed by atoms with Gasteiger partial charge in [0.25, 0.3) is 0 Å². The molecule has 0 aliphatic carbocycles. The normalized spacial score (nSPS) is 19.3.